The summed E-state index contributed by atoms with van der Waals surface area (Å²) in [4.78, 5) is 10.7. The molecule has 0 aliphatic carbocycles. The van der Waals surface area contributed by atoms with Crippen molar-refractivity contribution in [1.29, 1.82) is 5.26 Å². The zero-order valence-electron chi connectivity index (χ0n) is 13.1. The molecule has 1 atom stereocenters. The molecular weight excluding hydrogens is 323 g/mol. The number of benzene rings is 1. The van der Waals surface area contributed by atoms with Crippen molar-refractivity contribution >= 4 is 16.0 Å². The van der Waals surface area contributed by atoms with Gasteiger partial charge in [-0.1, -0.05) is 20.8 Å². The van der Waals surface area contributed by atoms with Crippen molar-refractivity contribution in [2.24, 2.45) is 5.41 Å². The van der Waals surface area contributed by atoms with Crippen LogP contribution in [0.4, 0.5) is 4.39 Å². The number of carboxylic acid groups (broad SMARTS) is 1. The number of nitrogens with one attached hydrogen (secondary N) is 1. The highest BCUT2D eigenvalue weighted by molar-refractivity contribution is 7.89. The van der Waals surface area contributed by atoms with Gasteiger partial charge in [0.25, 0.3) is 0 Å². The Hall–Kier alpha value is -1.98. The van der Waals surface area contributed by atoms with Gasteiger partial charge in [0.05, 0.1) is 16.9 Å². The van der Waals surface area contributed by atoms with Gasteiger partial charge in [0, 0.05) is 6.04 Å². The number of nitriles is 1. The summed E-state index contributed by atoms with van der Waals surface area (Å²) < 4.78 is 40.3. The van der Waals surface area contributed by atoms with E-state index in [0.717, 1.165) is 18.2 Å². The molecule has 8 heteroatoms. The van der Waals surface area contributed by atoms with Crippen molar-refractivity contribution in [3.8, 4) is 6.07 Å². The predicted octanol–water partition coefficient (Wildman–Crippen LogP) is 2.26. The summed E-state index contributed by atoms with van der Waals surface area (Å²) in [6.45, 7) is 5.59. The standard InChI is InChI=1S/C15H19FN2O4S/c1-15(2,3)8-11(7-14(19)20)18-23(21,22)12-4-5-13(16)10(6-12)9-17/h4-6,11,18H,7-8H2,1-3H3,(H,19,20). The van der Waals surface area contributed by atoms with Gasteiger partial charge in [-0.2, -0.15) is 5.26 Å². The van der Waals surface area contributed by atoms with Gasteiger partial charge in [0.15, 0.2) is 0 Å². The van der Waals surface area contributed by atoms with E-state index in [2.05, 4.69) is 4.72 Å². The Bertz CT molecular complexity index is 733. The topological polar surface area (TPSA) is 107 Å². The third kappa shape index (κ3) is 5.96. The van der Waals surface area contributed by atoms with Gasteiger partial charge in [-0.05, 0) is 30.0 Å². The lowest BCUT2D eigenvalue weighted by atomic mass is 9.87. The third-order valence-corrected chi connectivity index (χ3v) is 4.49. The van der Waals surface area contributed by atoms with Crippen LogP contribution in [0.3, 0.4) is 0 Å². The Labute approximate surface area is 135 Å². The molecule has 1 aromatic carbocycles. The number of halogens is 1. The molecule has 0 fully saturated rings. The van der Waals surface area contributed by atoms with E-state index in [1.807, 2.05) is 20.8 Å². The van der Waals surface area contributed by atoms with Crippen molar-refractivity contribution in [1.82, 2.24) is 4.72 Å². The van der Waals surface area contributed by atoms with Crippen LogP contribution in [0.2, 0.25) is 0 Å². The van der Waals surface area contributed by atoms with E-state index in [1.165, 1.54) is 0 Å². The smallest absolute Gasteiger partial charge is 0.304 e. The average Bonchev–Trinajstić information content (AvgIpc) is 2.35. The minimum atomic E-state index is -4.06. The molecule has 1 rings (SSSR count). The van der Waals surface area contributed by atoms with E-state index in [-0.39, 0.29) is 16.7 Å². The minimum absolute atomic E-state index is 0.278. The maximum atomic E-state index is 13.3. The van der Waals surface area contributed by atoms with Crippen LogP contribution in [0.1, 0.15) is 39.2 Å². The molecule has 0 saturated heterocycles. The molecule has 0 heterocycles. The molecule has 0 aliphatic heterocycles. The van der Waals surface area contributed by atoms with Crippen molar-refractivity contribution in [3.63, 3.8) is 0 Å². The quantitative estimate of drug-likeness (QED) is 0.824. The van der Waals surface area contributed by atoms with Crippen molar-refractivity contribution < 1.29 is 22.7 Å². The normalized spacial score (nSPS) is 13.3. The molecule has 0 amide bonds. The van der Waals surface area contributed by atoms with Crippen molar-refractivity contribution in [3.05, 3.63) is 29.6 Å². The van der Waals surface area contributed by atoms with E-state index in [4.69, 9.17) is 10.4 Å². The molecule has 0 radical (unpaired) electrons. The second-order valence-corrected chi connectivity index (χ2v) is 8.15. The molecule has 23 heavy (non-hydrogen) atoms. The maximum Gasteiger partial charge on any atom is 0.304 e. The summed E-state index contributed by atoms with van der Waals surface area (Å²) in [7, 11) is -4.06. The van der Waals surface area contributed by atoms with Gasteiger partial charge in [-0.25, -0.2) is 17.5 Å². The van der Waals surface area contributed by atoms with E-state index in [9.17, 15) is 17.6 Å². The Balaban J connectivity index is 3.10. The summed E-state index contributed by atoms with van der Waals surface area (Å²) in [6, 6.07) is 3.61. The SMILES string of the molecule is CC(C)(C)CC(CC(=O)O)NS(=O)(=O)c1ccc(F)c(C#N)c1. The maximum absolute atomic E-state index is 13.3. The van der Waals surface area contributed by atoms with Crippen molar-refractivity contribution in [2.45, 2.75) is 44.6 Å². The van der Waals surface area contributed by atoms with Crippen LogP contribution in [0, 0.1) is 22.6 Å². The van der Waals surface area contributed by atoms with Crippen LogP contribution >= 0.6 is 0 Å². The lowest BCUT2D eigenvalue weighted by Gasteiger charge is -2.25. The monoisotopic (exact) mass is 342 g/mol. The highest BCUT2D eigenvalue weighted by Crippen LogP contribution is 2.24. The lowest BCUT2D eigenvalue weighted by molar-refractivity contribution is -0.137. The van der Waals surface area contributed by atoms with E-state index < -0.39 is 33.4 Å². The molecule has 2 N–H and O–H groups in total. The van der Waals surface area contributed by atoms with Crippen molar-refractivity contribution in [2.75, 3.05) is 0 Å². The number of sulfonamides is 1. The molecule has 1 unspecified atom stereocenters. The van der Waals surface area contributed by atoms with Gasteiger partial charge >= 0.3 is 5.97 Å². The summed E-state index contributed by atoms with van der Waals surface area (Å²) in [5.74, 6) is -1.94. The number of aliphatic carboxylic acids is 1. The second-order valence-electron chi connectivity index (χ2n) is 6.43. The Kier molecular flexibility index (Phi) is 5.86. The molecule has 1 aromatic rings. The summed E-state index contributed by atoms with van der Waals surface area (Å²) in [5, 5.41) is 17.7. The van der Waals surface area contributed by atoms with Gasteiger partial charge < -0.3 is 5.11 Å². The number of hydrogen-bond donors (Lipinski definition) is 2. The molecule has 0 saturated carbocycles. The van der Waals surface area contributed by atoms with E-state index in [0.29, 0.717) is 6.42 Å². The third-order valence-electron chi connectivity index (χ3n) is 2.97. The number of carbonyl (C=O) groups is 1. The molecule has 126 valence electrons. The number of nitrogens with zero attached hydrogens (tertiary/aromatic N) is 1. The highest BCUT2D eigenvalue weighted by atomic mass is 32.2. The first kappa shape index (κ1) is 19.1. The zero-order valence-corrected chi connectivity index (χ0v) is 13.9. The number of rotatable bonds is 6. The van der Waals surface area contributed by atoms with Crippen LogP contribution < -0.4 is 4.72 Å². The average molecular weight is 342 g/mol. The number of hydrogen-bond acceptors (Lipinski definition) is 4. The molecule has 0 aliphatic rings. The molecular formula is C15H19FN2O4S. The van der Waals surface area contributed by atoms with Crippen LogP contribution in [-0.2, 0) is 14.8 Å². The summed E-state index contributed by atoms with van der Waals surface area (Å²) >= 11 is 0. The fourth-order valence-electron chi connectivity index (χ4n) is 2.15. The van der Waals surface area contributed by atoms with Crippen LogP contribution in [0.25, 0.3) is 0 Å². The van der Waals surface area contributed by atoms with Gasteiger partial charge in [0.1, 0.15) is 11.9 Å². The fraction of sp³-hybridized carbons (Fsp3) is 0.467. The predicted molar refractivity (Wildman–Crippen MR) is 81.5 cm³/mol. The minimum Gasteiger partial charge on any atom is -0.481 e. The summed E-state index contributed by atoms with van der Waals surface area (Å²) in [5.41, 5.74) is -0.679. The summed E-state index contributed by atoms with van der Waals surface area (Å²) in [6.07, 6.45) is -0.0619. The van der Waals surface area contributed by atoms with E-state index >= 15 is 0 Å². The van der Waals surface area contributed by atoms with Crippen LogP contribution in [-0.4, -0.2) is 25.5 Å². The zero-order chi connectivity index (χ0) is 17.8. The van der Waals surface area contributed by atoms with E-state index in [1.54, 1.807) is 6.07 Å². The highest BCUT2D eigenvalue weighted by Gasteiger charge is 2.27. The molecule has 6 nitrogen and oxygen atoms in total. The first-order valence-electron chi connectivity index (χ1n) is 6.88. The van der Waals surface area contributed by atoms with Gasteiger partial charge in [-0.15, -0.1) is 0 Å². The largest absolute Gasteiger partial charge is 0.481 e. The van der Waals surface area contributed by atoms with Gasteiger partial charge in [-0.3, -0.25) is 4.79 Å². The number of carboxylic acids is 1. The fourth-order valence-corrected chi connectivity index (χ4v) is 3.41. The second kappa shape index (κ2) is 7.06. The first-order chi connectivity index (χ1) is 10.4. The molecule has 0 aromatic heterocycles. The Morgan fingerprint density at radius 3 is 2.52 bits per heavy atom. The van der Waals surface area contributed by atoms with Gasteiger partial charge in [0.2, 0.25) is 10.0 Å². The lowest BCUT2D eigenvalue weighted by Crippen LogP contribution is -2.39. The molecule has 0 bridgehead atoms. The van der Waals surface area contributed by atoms with Crippen LogP contribution in [0.15, 0.2) is 23.1 Å². The Morgan fingerprint density at radius 2 is 2.04 bits per heavy atom. The Morgan fingerprint density at radius 1 is 1.43 bits per heavy atom. The van der Waals surface area contributed by atoms with Crippen LogP contribution in [0.5, 0.6) is 0 Å². The first-order valence-corrected chi connectivity index (χ1v) is 8.37. The molecule has 0 spiro atoms.